The molecule has 0 spiro atoms. The number of benzene rings is 1. The largest absolute Gasteiger partial charge is 0.497 e. The van der Waals surface area contributed by atoms with Gasteiger partial charge in [-0.25, -0.2) is 19.6 Å². The molecule has 56 heavy (non-hydrogen) atoms. The van der Waals surface area contributed by atoms with Crippen LogP contribution in [0.5, 0.6) is 11.5 Å². The lowest BCUT2D eigenvalue weighted by Crippen LogP contribution is -2.58. The van der Waals surface area contributed by atoms with Crippen molar-refractivity contribution < 1.29 is 38.6 Å². The number of aromatic nitrogens is 2. The summed E-state index contributed by atoms with van der Waals surface area (Å²) < 4.78 is 12.1. The van der Waals surface area contributed by atoms with Gasteiger partial charge in [0.15, 0.2) is 5.13 Å². The maximum atomic E-state index is 14.6. The molecule has 6 rings (SSSR count). The number of rotatable bonds is 8. The number of thiazole rings is 1. The number of methoxy groups -OCH3 is 1. The lowest BCUT2D eigenvalue weighted by atomic mass is 9.88. The van der Waals surface area contributed by atoms with Gasteiger partial charge in [-0.3, -0.25) is 14.4 Å². The molecule has 2 aliphatic heterocycles. The molecule has 2 aromatic heterocycles. The quantitative estimate of drug-likeness (QED) is 0.188. The molecule has 1 unspecified atom stereocenters. The van der Waals surface area contributed by atoms with E-state index in [2.05, 4.69) is 26.3 Å². The smallest absolute Gasteiger partial charge is 0.330 e. The van der Waals surface area contributed by atoms with Crippen molar-refractivity contribution in [2.24, 2.45) is 11.3 Å². The number of hydrogen-bond donors (Lipinski definition) is 5. The van der Waals surface area contributed by atoms with E-state index in [0.717, 1.165) is 19.3 Å². The summed E-state index contributed by atoms with van der Waals surface area (Å²) in [5, 5.41) is 24.4. The van der Waals surface area contributed by atoms with Crippen LogP contribution in [0.25, 0.3) is 22.3 Å². The number of carbonyl (C=O) groups excluding carboxylic acids is 4. The Morgan fingerprint density at radius 2 is 1.89 bits per heavy atom. The van der Waals surface area contributed by atoms with Gasteiger partial charge in [0, 0.05) is 48.2 Å². The monoisotopic (exact) mass is 789 g/mol. The average molecular weight is 790 g/mol. The van der Waals surface area contributed by atoms with Crippen molar-refractivity contribution in [3.05, 3.63) is 41.8 Å². The Kier molecular flexibility index (Phi) is 11.9. The summed E-state index contributed by atoms with van der Waals surface area (Å²) in [4.78, 5) is 77.1. The minimum absolute atomic E-state index is 0.00278. The number of ether oxygens (including phenoxy) is 2. The van der Waals surface area contributed by atoms with Gasteiger partial charge in [0.05, 0.1) is 24.9 Å². The number of amides is 5. The van der Waals surface area contributed by atoms with Crippen LogP contribution in [0, 0.1) is 11.3 Å². The van der Waals surface area contributed by atoms with Crippen LogP contribution >= 0.6 is 11.3 Å². The van der Waals surface area contributed by atoms with E-state index in [0.29, 0.717) is 51.8 Å². The van der Waals surface area contributed by atoms with Crippen molar-refractivity contribution in [3.63, 3.8) is 0 Å². The normalized spacial score (nSPS) is 25.4. The topological polar surface area (TPSA) is 201 Å². The average Bonchev–Trinajstić information content (AvgIpc) is 3.40. The number of nitrogens with one attached hydrogen (secondary N) is 4. The number of fused-ring (bicyclic) bond motifs is 3. The van der Waals surface area contributed by atoms with E-state index in [1.165, 1.54) is 23.2 Å². The minimum Gasteiger partial charge on any atom is -0.497 e. The van der Waals surface area contributed by atoms with E-state index in [1.807, 2.05) is 45.9 Å². The molecule has 2 fully saturated rings. The van der Waals surface area contributed by atoms with Gasteiger partial charge >= 0.3 is 12.0 Å². The van der Waals surface area contributed by atoms with Crippen molar-refractivity contribution in [1.29, 1.82) is 0 Å². The minimum atomic E-state index is -1.47. The SMILES string of the molecule is COc1ccc2c(O[C@@H]3CC4C(=O)N[C@]5(C(=O)O)C[C@@H]5/C=C\CCCCC[C@H](NC(=O)N[C@H](C)C(C)(C)C)C(=O)N4C3)cc(-c3csc(NC(C)=O)n3)nc2c1. The molecule has 3 aromatic rings. The van der Waals surface area contributed by atoms with E-state index in [9.17, 15) is 29.1 Å². The number of carboxylic acids is 1. The van der Waals surface area contributed by atoms with Crippen LogP contribution in [0.2, 0.25) is 0 Å². The first-order chi connectivity index (χ1) is 26.6. The second-order valence-corrected chi connectivity index (χ2v) is 16.8. The second kappa shape index (κ2) is 16.5. The van der Waals surface area contributed by atoms with Crippen molar-refractivity contribution in [2.75, 3.05) is 19.0 Å². The molecule has 6 atom stereocenters. The highest BCUT2D eigenvalue weighted by molar-refractivity contribution is 7.14. The van der Waals surface area contributed by atoms with Gasteiger partial charge in [0.1, 0.15) is 40.9 Å². The second-order valence-electron chi connectivity index (χ2n) is 16.0. The van der Waals surface area contributed by atoms with Gasteiger partial charge < -0.3 is 40.7 Å². The number of pyridine rings is 1. The zero-order chi connectivity index (χ0) is 40.4. The van der Waals surface area contributed by atoms with E-state index in [-0.39, 0.29) is 42.7 Å². The van der Waals surface area contributed by atoms with E-state index in [1.54, 1.807) is 30.7 Å². The van der Waals surface area contributed by atoms with Gasteiger partial charge in [-0.15, -0.1) is 11.3 Å². The van der Waals surface area contributed by atoms with Crippen molar-refractivity contribution in [2.45, 2.75) is 109 Å². The maximum Gasteiger partial charge on any atom is 0.330 e. The molecule has 1 saturated heterocycles. The first-order valence-electron chi connectivity index (χ1n) is 19.1. The van der Waals surface area contributed by atoms with Gasteiger partial charge in [0.2, 0.25) is 17.7 Å². The number of nitrogens with zero attached hydrogens (tertiary/aromatic N) is 3. The van der Waals surface area contributed by atoms with Crippen molar-refractivity contribution in [1.82, 2.24) is 30.8 Å². The molecule has 1 aromatic carbocycles. The first kappa shape index (κ1) is 40.4. The summed E-state index contributed by atoms with van der Waals surface area (Å²) in [6.45, 7) is 9.32. The molecular weight excluding hydrogens is 739 g/mol. The fourth-order valence-electron chi connectivity index (χ4n) is 7.07. The number of allylic oxidation sites excluding steroid dienone is 1. The highest BCUT2D eigenvalue weighted by Gasteiger charge is 2.61. The van der Waals surface area contributed by atoms with Crippen LogP contribution in [0.15, 0.2) is 41.8 Å². The third kappa shape index (κ3) is 9.06. The van der Waals surface area contributed by atoms with Crippen LogP contribution in [0.1, 0.15) is 79.6 Å². The summed E-state index contributed by atoms with van der Waals surface area (Å²) in [5.74, 6) is -1.81. The van der Waals surface area contributed by atoms with Crippen LogP contribution < -0.4 is 30.7 Å². The number of carbonyl (C=O) groups is 5. The highest BCUT2D eigenvalue weighted by atomic mass is 32.1. The first-order valence-corrected chi connectivity index (χ1v) is 19.9. The van der Waals surface area contributed by atoms with Gasteiger partial charge in [-0.05, 0) is 50.2 Å². The van der Waals surface area contributed by atoms with Crippen LogP contribution in [-0.2, 0) is 19.2 Å². The highest BCUT2D eigenvalue weighted by Crippen LogP contribution is 2.45. The molecule has 15 nitrogen and oxygen atoms in total. The van der Waals surface area contributed by atoms with Crippen LogP contribution in [-0.4, -0.2) is 93.1 Å². The third-order valence-corrected chi connectivity index (χ3v) is 11.7. The maximum absolute atomic E-state index is 14.6. The molecule has 5 amide bonds. The standard InChI is InChI=1S/C40H51N7O8S/c1-22(39(3,4)5)41-37(53)44-28-13-11-9-7-8-10-12-24-19-40(24,36(51)52)46-34(49)32-17-26(20-47(32)35(28)50)55-33-18-30(31-21-56-38(45-31)42-23(2)48)43-29-16-25(54-6)14-15-27(29)33/h10,12,14-16,18,21-22,24,26,28,32H,7-9,11,13,17,19-20H2,1-6H3,(H,46,49)(H,51,52)(H2,41,44,53)(H,42,45,48)/b12-10-/t22-,24+,26-,28+,32?,40-/m1/s1. The Morgan fingerprint density at radius 1 is 1.11 bits per heavy atom. The number of carboxylic acid groups (broad SMARTS) is 1. The Morgan fingerprint density at radius 3 is 2.61 bits per heavy atom. The van der Waals surface area contributed by atoms with Gasteiger partial charge in [0.25, 0.3) is 0 Å². The zero-order valence-corrected chi connectivity index (χ0v) is 33.5. The molecule has 4 heterocycles. The number of hydrogen-bond acceptors (Lipinski definition) is 10. The zero-order valence-electron chi connectivity index (χ0n) is 32.6. The summed E-state index contributed by atoms with van der Waals surface area (Å²) in [6, 6.07) is 4.37. The Labute approximate surface area is 330 Å². The summed E-state index contributed by atoms with van der Waals surface area (Å²) in [5.41, 5.74) is -0.187. The molecule has 5 N–H and O–H groups in total. The number of aliphatic carboxylic acids is 1. The predicted octanol–water partition coefficient (Wildman–Crippen LogP) is 5.26. The Bertz CT molecular complexity index is 2030. The van der Waals surface area contributed by atoms with Crippen molar-refractivity contribution >= 4 is 57.1 Å². The number of anilines is 1. The molecule has 300 valence electrons. The van der Waals surface area contributed by atoms with Crippen LogP contribution in [0.4, 0.5) is 9.93 Å². The van der Waals surface area contributed by atoms with Gasteiger partial charge in [-0.2, -0.15) is 0 Å². The van der Waals surface area contributed by atoms with E-state index in [4.69, 9.17) is 14.5 Å². The molecule has 0 radical (unpaired) electrons. The Hall–Kier alpha value is -5.25. The third-order valence-electron chi connectivity index (χ3n) is 10.9. The molecule has 1 saturated carbocycles. The summed E-state index contributed by atoms with van der Waals surface area (Å²) in [7, 11) is 1.55. The lowest BCUT2D eigenvalue weighted by molar-refractivity contribution is -0.145. The fraction of sp³-hybridized carbons (Fsp3) is 0.525. The molecule has 3 aliphatic rings. The summed E-state index contributed by atoms with van der Waals surface area (Å²) >= 11 is 1.25. The molecule has 0 bridgehead atoms. The molecule has 1 aliphatic carbocycles. The van der Waals surface area contributed by atoms with Gasteiger partial charge in [-0.1, -0.05) is 45.8 Å². The summed E-state index contributed by atoms with van der Waals surface area (Å²) in [6.07, 6.45) is 6.80. The lowest BCUT2D eigenvalue weighted by Gasteiger charge is -2.31. The molecular formula is C40H51N7O8S. The number of urea groups is 1. The van der Waals surface area contributed by atoms with Crippen LogP contribution in [0.3, 0.4) is 0 Å². The van der Waals surface area contributed by atoms with E-state index >= 15 is 0 Å². The fourth-order valence-corrected chi connectivity index (χ4v) is 7.82. The molecule has 16 heteroatoms. The predicted molar refractivity (Wildman–Crippen MR) is 211 cm³/mol. The van der Waals surface area contributed by atoms with E-state index < -0.39 is 47.5 Å². The Balaban J connectivity index is 1.34. The van der Waals surface area contributed by atoms with Crippen molar-refractivity contribution in [3.8, 4) is 22.9 Å².